The van der Waals surface area contributed by atoms with Crippen molar-refractivity contribution < 1.29 is 4.42 Å². The van der Waals surface area contributed by atoms with Gasteiger partial charge in [0.1, 0.15) is 11.3 Å². The highest BCUT2D eigenvalue weighted by Gasteiger charge is 2.36. The normalized spacial score (nSPS) is 20.3. The van der Waals surface area contributed by atoms with Gasteiger partial charge in [-0.25, -0.2) is 0 Å². The number of thiophene rings is 1. The summed E-state index contributed by atoms with van der Waals surface area (Å²) in [7, 11) is 0. The lowest BCUT2D eigenvalue weighted by Gasteiger charge is -2.34. The molecule has 4 aliphatic carbocycles. The average Bonchev–Trinajstić information content (AvgIpc) is 3.83. The molecule has 2 aromatic heterocycles. The molecular formula is C49H37NOS. The predicted octanol–water partition coefficient (Wildman–Crippen LogP) is 11.5. The van der Waals surface area contributed by atoms with Gasteiger partial charge in [-0.3, -0.25) is 0 Å². The second kappa shape index (κ2) is 11.2. The van der Waals surface area contributed by atoms with Gasteiger partial charge in [0.25, 0.3) is 0 Å². The second-order valence-electron chi connectivity index (χ2n) is 15.2. The molecule has 2 heterocycles. The highest BCUT2D eigenvalue weighted by atomic mass is 32.1. The third kappa shape index (κ3) is 4.36. The van der Waals surface area contributed by atoms with E-state index in [2.05, 4.69) is 177 Å². The van der Waals surface area contributed by atoms with Gasteiger partial charge in [0.2, 0.25) is 0 Å². The fraction of sp³-hybridized carbons (Fsp3) is 0.143. The second-order valence-corrected chi connectivity index (χ2v) is 16.2. The Morgan fingerprint density at radius 2 is 1.50 bits per heavy atom. The topological polar surface area (TPSA) is 16.4 Å². The first-order valence-corrected chi connectivity index (χ1v) is 19.3. The summed E-state index contributed by atoms with van der Waals surface area (Å²) in [5, 5.41) is 3.97. The largest absolute Gasteiger partial charge is 0.456 e. The summed E-state index contributed by atoms with van der Waals surface area (Å²) in [6, 6.07) is 42.9. The number of benzene rings is 5. The molecular weight excluding hydrogens is 651 g/mol. The first-order chi connectivity index (χ1) is 25.5. The smallest absolute Gasteiger partial charge is 0.135 e. The molecule has 0 saturated heterocycles. The molecule has 3 heteroatoms. The van der Waals surface area contributed by atoms with Crippen LogP contribution in [0.25, 0.3) is 56.0 Å². The van der Waals surface area contributed by atoms with E-state index < -0.39 is 0 Å². The number of rotatable bonds is 4. The number of hydrogen-bond donors (Lipinski definition) is 0. The zero-order chi connectivity index (χ0) is 34.6. The first-order valence-electron chi connectivity index (χ1n) is 18.4. The van der Waals surface area contributed by atoms with E-state index in [0.29, 0.717) is 0 Å². The van der Waals surface area contributed by atoms with Crippen molar-refractivity contribution in [2.24, 2.45) is 5.92 Å². The van der Waals surface area contributed by atoms with Crippen LogP contribution in [0.3, 0.4) is 0 Å². The van der Waals surface area contributed by atoms with Crippen molar-refractivity contribution in [2.75, 3.05) is 4.90 Å². The third-order valence-corrected chi connectivity index (χ3v) is 13.2. The molecule has 0 radical (unpaired) electrons. The van der Waals surface area contributed by atoms with Gasteiger partial charge < -0.3 is 9.32 Å². The molecule has 0 saturated carbocycles. The Morgan fingerprint density at radius 1 is 0.731 bits per heavy atom. The molecule has 2 nitrogen and oxygen atoms in total. The van der Waals surface area contributed by atoms with E-state index in [1.807, 2.05) is 11.3 Å². The molecule has 11 rings (SSSR count). The molecule has 4 aliphatic rings. The van der Waals surface area contributed by atoms with Crippen molar-refractivity contribution in [2.45, 2.75) is 37.6 Å². The lowest BCUT2D eigenvalue weighted by molar-refractivity contribution is 0.580. The van der Waals surface area contributed by atoms with Gasteiger partial charge in [-0.05, 0) is 99.0 Å². The van der Waals surface area contributed by atoms with Crippen molar-refractivity contribution in [1.29, 1.82) is 0 Å². The third-order valence-electron chi connectivity index (χ3n) is 12.0. The van der Waals surface area contributed by atoms with Gasteiger partial charge in [0, 0.05) is 48.8 Å². The summed E-state index contributed by atoms with van der Waals surface area (Å²) in [4.78, 5) is 2.57. The maximum Gasteiger partial charge on any atom is 0.135 e. The lowest BCUT2D eigenvalue weighted by Crippen LogP contribution is -2.36. The molecule has 250 valence electrons. The summed E-state index contributed by atoms with van der Waals surface area (Å²) >= 11 is 1.91. The van der Waals surface area contributed by atoms with Crippen molar-refractivity contribution in [3.8, 4) is 11.1 Å². The number of fused-ring (bicyclic) bond motifs is 11. The van der Waals surface area contributed by atoms with E-state index in [4.69, 9.17) is 4.42 Å². The molecule has 0 aliphatic heterocycles. The van der Waals surface area contributed by atoms with Crippen LogP contribution in [0.1, 0.15) is 54.2 Å². The fourth-order valence-electron chi connectivity index (χ4n) is 9.52. The Bertz CT molecular complexity index is 2820. The van der Waals surface area contributed by atoms with Crippen molar-refractivity contribution >= 4 is 67.6 Å². The van der Waals surface area contributed by atoms with Crippen LogP contribution in [0.15, 0.2) is 144 Å². The molecule has 0 bridgehead atoms. The molecule has 52 heavy (non-hydrogen) atoms. The Hall–Kier alpha value is -5.64. The lowest BCUT2D eigenvalue weighted by atomic mass is 9.72. The van der Waals surface area contributed by atoms with Crippen LogP contribution in [-0.2, 0) is 5.41 Å². The van der Waals surface area contributed by atoms with Crippen LogP contribution in [0.4, 0.5) is 11.4 Å². The Kier molecular flexibility index (Phi) is 6.46. The average molecular weight is 688 g/mol. The summed E-state index contributed by atoms with van der Waals surface area (Å²) < 4.78 is 8.99. The standard InChI is InChI=1S/C49H37NOS/c1-49(2)42-15-6-3-10-36(42)41-28-32(23-26-43(41)49)50(33-22-24-38-37-11-5-8-17-46(37)52-47(38)29-33)31-20-18-30(19-21-31)34-13-9-14-39-35(34)25-27-45-48(39)40-12-4-7-16-44(40)51-45/h3-21,23-29,33,35,39H,22H2,1-2H3. The summed E-state index contributed by atoms with van der Waals surface area (Å²) in [5.74, 6) is 1.50. The molecule has 0 fully saturated rings. The van der Waals surface area contributed by atoms with Crippen molar-refractivity contribution in [1.82, 2.24) is 0 Å². The maximum atomic E-state index is 6.27. The van der Waals surface area contributed by atoms with E-state index >= 15 is 0 Å². The van der Waals surface area contributed by atoms with E-state index in [1.54, 1.807) is 0 Å². The minimum absolute atomic E-state index is 0.0231. The molecule has 0 amide bonds. The van der Waals surface area contributed by atoms with Gasteiger partial charge in [0.15, 0.2) is 0 Å². The SMILES string of the molecule is CC1(C)c2ccccc2-c2cc(N(c3ccc(C4=CC=CC5c6c(oc7ccccc67)C=CC45)cc3)C3C=c4sc5ccccc5c4=CC3)ccc21. The van der Waals surface area contributed by atoms with E-state index in [-0.39, 0.29) is 23.3 Å². The molecule has 0 spiro atoms. The van der Waals surface area contributed by atoms with Gasteiger partial charge in [-0.1, -0.05) is 123 Å². The number of nitrogens with zero attached hydrogens (tertiary/aromatic N) is 1. The van der Waals surface area contributed by atoms with E-state index in [0.717, 1.165) is 17.8 Å². The molecule has 3 atom stereocenters. The van der Waals surface area contributed by atoms with Crippen LogP contribution in [0.5, 0.6) is 0 Å². The highest BCUT2D eigenvalue weighted by Crippen LogP contribution is 2.51. The number of furan rings is 1. The van der Waals surface area contributed by atoms with Gasteiger partial charge in [-0.15, -0.1) is 11.3 Å². The van der Waals surface area contributed by atoms with Crippen LogP contribution < -0.4 is 14.7 Å². The number of allylic oxidation sites excluding steroid dienone is 5. The number of hydrogen-bond acceptors (Lipinski definition) is 3. The van der Waals surface area contributed by atoms with Crippen LogP contribution in [-0.4, -0.2) is 6.04 Å². The van der Waals surface area contributed by atoms with Crippen LogP contribution >= 0.6 is 11.3 Å². The maximum absolute atomic E-state index is 6.27. The monoisotopic (exact) mass is 687 g/mol. The number of para-hydroxylation sites is 1. The van der Waals surface area contributed by atoms with Crippen LogP contribution in [0, 0.1) is 5.92 Å². The van der Waals surface area contributed by atoms with Crippen LogP contribution in [0.2, 0.25) is 0 Å². The van der Waals surface area contributed by atoms with Gasteiger partial charge in [0.05, 0.1) is 6.04 Å². The molecule has 5 aromatic carbocycles. The quantitative estimate of drug-likeness (QED) is 0.183. The zero-order valence-corrected chi connectivity index (χ0v) is 30.0. The first kappa shape index (κ1) is 30.0. The summed E-state index contributed by atoms with van der Waals surface area (Å²) in [5.41, 5.74) is 12.8. The minimum Gasteiger partial charge on any atom is -0.456 e. The fourth-order valence-corrected chi connectivity index (χ4v) is 10.7. The molecule has 3 unspecified atom stereocenters. The zero-order valence-electron chi connectivity index (χ0n) is 29.2. The predicted molar refractivity (Wildman–Crippen MR) is 220 cm³/mol. The van der Waals surface area contributed by atoms with Crippen molar-refractivity contribution in [3.05, 3.63) is 177 Å². The Morgan fingerprint density at radius 3 is 2.40 bits per heavy atom. The van der Waals surface area contributed by atoms with Crippen molar-refractivity contribution in [3.63, 3.8) is 0 Å². The van der Waals surface area contributed by atoms with Gasteiger partial charge >= 0.3 is 0 Å². The summed E-state index contributed by atoms with van der Waals surface area (Å²) in [6.45, 7) is 4.72. The van der Waals surface area contributed by atoms with E-state index in [1.165, 1.54) is 75.6 Å². The Labute approximate surface area is 307 Å². The molecule has 7 aromatic rings. The minimum atomic E-state index is -0.0231. The Balaban J connectivity index is 1.01. The van der Waals surface area contributed by atoms with E-state index in [9.17, 15) is 0 Å². The highest BCUT2D eigenvalue weighted by molar-refractivity contribution is 7.17. The number of anilines is 2. The summed E-state index contributed by atoms with van der Waals surface area (Å²) in [6.07, 6.45) is 17.3. The van der Waals surface area contributed by atoms with Gasteiger partial charge in [-0.2, -0.15) is 0 Å². The molecule has 0 N–H and O–H groups in total.